The third-order valence-electron chi connectivity index (χ3n) is 3.58. The molecule has 96 valence electrons. The average molecular weight is 271 g/mol. The van der Waals surface area contributed by atoms with Crippen molar-refractivity contribution in [1.29, 1.82) is 0 Å². The molecule has 18 heavy (non-hydrogen) atoms. The molecule has 3 rings (SSSR count). The molecule has 1 fully saturated rings. The number of fused-ring (bicyclic) bond motifs is 3. The third-order valence-corrected chi connectivity index (χ3v) is 3.91. The van der Waals surface area contributed by atoms with Crippen LogP contribution in [0, 0.1) is 17.7 Å². The summed E-state index contributed by atoms with van der Waals surface area (Å²) in [5, 5.41) is 0.452. The molecule has 3 atom stereocenters. The quantitative estimate of drug-likeness (QED) is 0.775. The molecule has 1 aromatic carbocycles. The van der Waals surface area contributed by atoms with E-state index in [-0.39, 0.29) is 29.5 Å². The van der Waals surface area contributed by atoms with E-state index in [1.54, 1.807) is 6.92 Å². The number of benzene rings is 1. The van der Waals surface area contributed by atoms with Crippen LogP contribution < -0.4 is 4.74 Å². The first kappa shape index (κ1) is 11.8. The maximum absolute atomic E-state index is 13.6. The van der Waals surface area contributed by atoms with Gasteiger partial charge in [-0.25, -0.2) is 4.39 Å². The van der Waals surface area contributed by atoms with E-state index in [1.165, 1.54) is 12.1 Å². The molecule has 1 unspecified atom stereocenters. The van der Waals surface area contributed by atoms with Crippen molar-refractivity contribution in [3.63, 3.8) is 0 Å². The first-order chi connectivity index (χ1) is 8.65. The molecule has 5 heteroatoms. The monoisotopic (exact) mass is 270 g/mol. The topological polar surface area (TPSA) is 35.5 Å². The van der Waals surface area contributed by atoms with Crippen LogP contribution >= 0.6 is 11.6 Å². The molecule has 1 aromatic rings. The van der Waals surface area contributed by atoms with Gasteiger partial charge in [-0.1, -0.05) is 11.6 Å². The second kappa shape index (κ2) is 4.12. The van der Waals surface area contributed by atoms with Gasteiger partial charge in [0, 0.05) is 22.4 Å². The summed E-state index contributed by atoms with van der Waals surface area (Å²) in [4.78, 5) is 11.8. The molecule has 1 aliphatic heterocycles. The van der Waals surface area contributed by atoms with Crippen molar-refractivity contribution in [2.45, 2.75) is 12.8 Å². The standard InChI is InChI=1S/C13H12ClFO3/c1-2-17-13(16)10-6-5-18-12-8(15)4-3-7(14)11(12)9(6)10/h3-4,6,9-10H,2,5H2,1H3/t6-,9+,10?/m0/s1. The average Bonchev–Trinajstić information content (AvgIpc) is 3.08. The maximum Gasteiger partial charge on any atom is 0.309 e. The number of rotatable bonds is 2. The molecule has 0 bridgehead atoms. The fourth-order valence-electron chi connectivity index (χ4n) is 2.72. The minimum Gasteiger partial charge on any atom is -0.490 e. The van der Waals surface area contributed by atoms with Crippen LogP contribution in [0.4, 0.5) is 4.39 Å². The van der Waals surface area contributed by atoms with Crippen molar-refractivity contribution in [2.75, 3.05) is 13.2 Å². The van der Waals surface area contributed by atoms with E-state index in [0.29, 0.717) is 23.8 Å². The molecule has 0 radical (unpaired) electrons. The van der Waals surface area contributed by atoms with Crippen molar-refractivity contribution in [1.82, 2.24) is 0 Å². The lowest BCUT2D eigenvalue weighted by atomic mass is 10.0. The Balaban J connectivity index is 1.95. The van der Waals surface area contributed by atoms with Crippen molar-refractivity contribution >= 4 is 17.6 Å². The van der Waals surface area contributed by atoms with Crippen LogP contribution in [0.2, 0.25) is 5.02 Å². The van der Waals surface area contributed by atoms with Crippen LogP contribution in [-0.4, -0.2) is 19.2 Å². The van der Waals surface area contributed by atoms with Gasteiger partial charge in [-0.15, -0.1) is 0 Å². The summed E-state index contributed by atoms with van der Waals surface area (Å²) in [7, 11) is 0. The first-order valence-electron chi connectivity index (χ1n) is 5.92. The van der Waals surface area contributed by atoms with Crippen molar-refractivity contribution in [3.8, 4) is 5.75 Å². The van der Waals surface area contributed by atoms with E-state index < -0.39 is 5.82 Å². The number of carbonyl (C=O) groups is 1. The molecule has 0 aromatic heterocycles. The SMILES string of the molecule is CCOC(=O)C1[C@H]2COc3c(F)ccc(Cl)c3[C@@H]12. The van der Waals surface area contributed by atoms with Gasteiger partial charge in [-0.3, -0.25) is 4.79 Å². The summed E-state index contributed by atoms with van der Waals surface area (Å²) in [5.74, 6) is -0.723. The Bertz CT molecular complexity index is 517. The van der Waals surface area contributed by atoms with Crippen LogP contribution in [-0.2, 0) is 9.53 Å². The van der Waals surface area contributed by atoms with E-state index in [2.05, 4.69) is 0 Å². The molecule has 0 spiro atoms. The molecule has 2 aliphatic rings. The van der Waals surface area contributed by atoms with E-state index in [0.717, 1.165) is 0 Å². The second-order valence-corrected chi connectivity index (χ2v) is 4.96. The number of hydrogen-bond acceptors (Lipinski definition) is 3. The fraction of sp³-hybridized carbons (Fsp3) is 0.462. The summed E-state index contributed by atoms with van der Waals surface area (Å²) in [5.41, 5.74) is 0.617. The lowest BCUT2D eigenvalue weighted by Gasteiger charge is -2.17. The molecule has 1 saturated carbocycles. The Labute approximate surface area is 109 Å². The molecule has 0 N–H and O–H groups in total. The van der Waals surface area contributed by atoms with Crippen molar-refractivity contribution in [2.24, 2.45) is 11.8 Å². The Morgan fingerprint density at radius 1 is 1.61 bits per heavy atom. The Morgan fingerprint density at radius 2 is 2.39 bits per heavy atom. The van der Waals surface area contributed by atoms with Crippen LogP contribution in [0.5, 0.6) is 5.75 Å². The van der Waals surface area contributed by atoms with E-state index in [9.17, 15) is 9.18 Å². The van der Waals surface area contributed by atoms with Crippen molar-refractivity contribution < 1.29 is 18.7 Å². The zero-order valence-corrected chi connectivity index (χ0v) is 10.5. The summed E-state index contributed by atoms with van der Waals surface area (Å²) in [6.45, 7) is 2.46. The number of halogens is 2. The predicted molar refractivity (Wildman–Crippen MR) is 63.3 cm³/mol. The molecule has 0 saturated heterocycles. The largest absolute Gasteiger partial charge is 0.490 e. The normalized spacial score (nSPS) is 27.8. The smallest absolute Gasteiger partial charge is 0.309 e. The summed E-state index contributed by atoms with van der Waals surface area (Å²) < 4.78 is 24.0. The first-order valence-corrected chi connectivity index (χ1v) is 6.30. The Morgan fingerprint density at radius 3 is 3.11 bits per heavy atom. The Hall–Kier alpha value is -1.29. The van der Waals surface area contributed by atoms with E-state index in [1.807, 2.05) is 0 Å². The molecule has 1 aliphatic carbocycles. The summed E-state index contributed by atoms with van der Waals surface area (Å²) in [6, 6.07) is 2.78. The minimum absolute atomic E-state index is 0.0593. The predicted octanol–water partition coefficient (Wildman–Crippen LogP) is 2.76. The van der Waals surface area contributed by atoms with Gasteiger partial charge >= 0.3 is 5.97 Å². The van der Waals surface area contributed by atoms with E-state index in [4.69, 9.17) is 21.1 Å². The van der Waals surface area contributed by atoms with Gasteiger partial charge in [-0.05, 0) is 19.1 Å². The van der Waals surface area contributed by atoms with Crippen molar-refractivity contribution in [3.05, 3.63) is 28.5 Å². The second-order valence-electron chi connectivity index (χ2n) is 4.55. The molecule has 1 heterocycles. The molecular formula is C13H12ClFO3. The highest BCUT2D eigenvalue weighted by Gasteiger charge is 2.60. The van der Waals surface area contributed by atoms with Gasteiger partial charge in [0.05, 0.1) is 19.1 Å². The van der Waals surface area contributed by atoms with Gasteiger partial charge in [-0.2, -0.15) is 0 Å². The Kier molecular flexibility index (Phi) is 2.70. The zero-order valence-electron chi connectivity index (χ0n) is 9.78. The lowest BCUT2D eigenvalue weighted by Crippen LogP contribution is -2.11. The number of ether oxygens (including phenoxy) is 2. The molecule has 0 amide bonds. The molecular weight excluding hydrogens is 259 g/mol. The van der Waals surface area contributed by atoms with Crippen LogP contribution in [0.25, 0.3) is 0 Å². The summed E-state index contributed by atoms with van der Waals surface area (Å²) >= 11 is 6.08. The lowest BCUT2D eigenvalue weighted by molar-refractivity contribution is -0.145. The van der Waals surface area contributed by atoms with E-state index >= 15 is 0 Å². The van der Waals surface area contributed by atoms with Crippen LogP contribution in [0.1, 0.15) is 18.4 Å². The van der Waals surface area contributed by atoms with Crippen LogP contribution in [0.15, 0.2) is 12.1 Å². The third kappa shape index (κ3) is 1.59. The highest BCUT2D eigenvalue weighted by atomic mass is 35.5. The molecule has 3 nitrogen and oxygen atoms in total. The highest BCUT2D eigenvalue weighted by Crippen LogP contribution is 2.61. The minimum atomic E-state index is -0.428. The summed E-state index contributed by atoms with van der Waals surface area (Å²) in [6.07, 6.45) is 0. The number of esters is 1. The van der Waals surface area contributed by atoms with Gasteiger partial charge in [0.15, 0.2) is 11.6 Å². The maximum atomic E-state index is 13.6. The van der Waals surface area contributed by atoms with Gasteiger partial charge in [0.2, 0.25) is 0 Å². The zero-order chi connectivity index (χ0) is 12.9. The van der Waals surface area contributed by atoms with Crippen LogP contribution in [0.3, 0.4) is 0 Å². The highest BCUT2D eigenvalue weighted by molar-refractivity contribution is 6.31. The number of carbonyl (C=O) groups excluding carboxylic acids is 1. The van der Waals surface area contributed by atoms with Gasteiger partial charge in [0.25, 0.3) is 0 Å². The number of hydrogen-bond donors (Lipinski definition) is 0. The van der Waals surface area contributed by atoms with Gasteiger partial charge < -0.3 is 9.47 Å². The van der Waals surface area contributed by atoms with Gasteiger partial charge in [0.1, 0.15) is 0 Å². The fourth-order valence-corrected chi connectivity index (χ4v) is 3.00.